The van der Waals surface area contributed by atoms with Crippen LogP contribution >= 0.6 is 0 Å². The second-order valence-electron chi connectivity index (χ2n) is 5.67. The van der Waals surface area contributed by atoms with E-state index in [-0.39, 0.29) is 11.6 Å². The molecule has 0 atom stereocenters. The number of aromatic nitrogens is 2. The predicted octanol–water partition coefficient (Wildman–Crippen LogP) is 4.17. The normalized spacial score (nSPS) is 11.1. The Morgan fingerprint density at radius 1 is 1.00 bits per heavy atom. The van der Waals surface area contributed by atoms with E-state index in [1.165, 1.54) is 24.4 Å². The Bertz CT molecular complexity index is 912. The van der Waals surface area contributed by atoms with Crippen LogP contribution in [0.2, 0.25) is 0 Å². The molecule has 0 spiro atoms. The topological polar surface area (TPSA) is 66.9 Å². The SMILES string of the molecule is O=C(NCc1cccnc1)c1cc(Nc2ccc(C(F)(F)F)cc2)ccn1. The van der Waals surface area contributed by atoms with Crippen molar-refractivity contribution in [2.45, 2.75) is 12.7 Å². The molecule has 8 heteroatoms. The van der Waals surface area contributed by atoms with E-state index in [4.69, 9.17) is 0 Å². The minimum absolute atomic E-state index is 0.191. The number of amides is 1. The van der Waals surface area contributed by atoms with Gasteiger partial charge in [-0.05, 0) is 48.0 Å². The predicted molar refractivity (Wildman–Crippen MR) is 94.4 cm³/mol. The van der Waals surface area contributed by atoms with Crippen LogP contribution in [0.1, 0.15) is 21.6 Å². The number of anilines is 2. The quantitative estimate of drug-likeness (QED) is 0.706. The summed E-state index contributed by atoms with van der Waals surface area (Å²) in [5.41, 5.74) is 1.33. The third-order valence-electron chi connectivity index (χ3n) is 3.67. The van der Waals surface area contributed by atoms with Crippen molar-refractivity contribution in [1.82, 2.24) is 15.3 Å². The number of alkyl halides is 3. The molecule has 2 aromatic heterocycles. The molecule has 0 saturated carbocycles. The van der Waals surface area contributed by atoms with E-state index < -0.39 is 11.7 Å². The number of hydrogen-bond acceptors (Lipinski definition) is 4. The lowest BCUT2D eigenvalue weighted by Gasteiger charge is -2.10. The van der Waals surface area contributed by atoms with Gasteiger partial charge in [0.25, 0.3) is 5.91 Å². The van der Waals surface area contributed by atoms with Crippen LogP contribution in [0.15, 0.2) is 67.1 Å². The Balaban J connectivity index is 1.65. The highest BCUT2D eigenvalue weighted by Crippen LogP contribution is 2.30. The second-order valence-corrected chi connectivity index (χ2v) is 5.67. The molecule has 27 heavy (non-hydrogen) atoms. The number of nitrogens with zero attached hydrogens (tertiary/aromatic N) is 2. The van der Waals surface area contributed by atoms with Gasteiger partial charge in [-0.2, -0.15) is 13.2 Å². The number of rotatable bonds is 5. The molecule has 0 bridgehead atoms. The molecule has 3 aromatic rings. The molecule has 2 heterocycles. The monoisotopic (exact) mass is 372 g/mol. The standard InChI is InChI=1S/C19H15F3N4O/c20-19(21,22)14-3-5-15(6-4-14)26-16-7-9-24-17(10-16)18(27)25-12-13-2-1-8-23-11-13/h1-11H,12H2,(H,24,26)(H,25,27). The molecule has 0 fully saturated rings. The first-order valence-electron chi connectivity index (χ1n) is 7.99. The number of hydrogen-bond donors (Lipinski definition) is 2. The van der Waals surface area contributed by atoms with Crippen molar-refractivity contribution >= 4 is 17.3 Å². The highest BCUT2D eigenvalue weighted by atomic mass is 19.4. The van der Waals surface area contributed by atoms with Crippen molar-refractivity contribution in [2.24, 2.45) is 0 Å². The molecule has 138 valence electrons. The zero-order valence-corrected chi connectivity index (χ0v) is 14.0. The van der Waals surface area contributed by atoms with E-state index in [1.54, 1.807) is 24.5 Å². The van der Waals surface area contributed by atoms with Gasteiger partial charge < -0.3 is 10.6 Å². The van der Waals surface area contributed by atoms with Gasteiger partial charge >= 0.3 is 6.18 Å². The van der Waals surface area contributed by atoms with Gasteiger partial charge in [-0.15, -0.1) is 0 Å². The zero-order valence-electron chi connectivity index (χ0n) is 14.0. The highest BCUT2D eigenvalue weighted by molar-refractivity contribution is 5.93. The van der Waals surface area contributed by atoms with Crippen LogP contribution in [0.5, 0.6) is 0 Å². The largest absolute Gasteiger partial charge is 0.416 e. The fraction of sp³-hybridized carbons (Fsp3) is 0.105. The summed E-state index contributed by atoms with van der Waals surface area (Å²) in [5.74, 6) is -0.366. The minimum Gasteiger partial charge on any atom is -0.355 e. The molecule has 5 nitrogen and oxygen atoms in total. The Kier molecular flexibility index (Phi) is 5.35. The summed E-state index contributed by atoms with van der Waals surface area (Å²) < 4.78 is 37.8. The summed E-state index contributed by atoms with van der Waals surface area (Å²) in [5, 5.41) is 5.69. The molecule has 1 aromatic carbocycles. The Labute approximate surface area is 153 Å². The summed E-state index contributed by atoms with van der Waals surface area (Å²) in [4.78, 5) is 20.2. The lowest BCUT2D eigenvalue weighted by molar-refractivity contribution is -0.137. The van der Waals surface area contributed by atoms with Crippen molar-refractivity contribution < 1.29 is 18.0 Å². The van der Waals surface area contributed by atoms with Crippen molar-refractivity contribution in [2.75, 3.05) is 5.32 Å². The van der Waals surface area contributed by atoms with Crippen molar-refractivity contribution in [3.8, 4) is 0 Å². The van der Waals surface area contributed by atoms with Gasteiger partial charge in [-0.25, -0.2) is 0 Å². The first-order valence-corrected chi connectivity index (χ1v) is 7.99. The van der Waals surface area contributed by atoms with Crippen LogP contribution in [0.3, 0.4) is 0 Å². The van der Waals surface area contributed by atoms with Gasteiger partial charge in [-0.3, -0.25) is 14.8 Å². The number of nitrogens with one attached hydrogen (secondary N) is 2. The van der Waals surface area contributed by atoms with E-state index in [2.05, 4.69) is 20.6 Å². The van der Waals surface area contributed by atoms with Gasteiger partial charge in [-0.1, -0.05) is 6.07 Å². The third-order valence-corrected chi connectivity index (χ3v) is 3.67. The molecule has 1 amide bonds. The number of benzene rings is 1. The van der Waals surface area contributed by atoms with Gasteiger partial charge in [0.05, 0.1) is 5.56 Å². The van der Waals surface area contributed by atoms with Gasteiger partial charge in [0, 0.05) is 36.5 Å². The molecule has 2 N–H and O–H groups in total. The zero-order chi connectivity index (χ0) is 19.3. The Morgan fingerprint density at radius 2 is 1.78 bits per heavy atom. The highest BCUT2D eigenvalue weighted by Gasteiger charge is 2.29. The van der Waals surface area contributed by atoms with Gasteiger partial charge in [0.15, 0.2) is 0 Å². The Hall–Kier alpha value is -3.42. The van der Waals surface area contributed by atoms with Gasteiger partial charge in [0.2, 0.25) is 0 Å². The molecule has 0 radical (unpaired) electrons. The van der Waals surface area contributed by atoms with Crippen LogP contribution in [0.4, 0.5) is 24.5 Å². The van der Waals surface area contributed by atoms with Crippen LogP contribution in [0.25, 0.3) is 0 Å². The number of pyridine rings is 2. The Morgan fingerprint density at radius 3 is 2.44 bits per heavy atom. The van der Waals surface area contributed by atoms with Crippen molar-refractivity contribution in [3.63, 3.8) is 0 Å². The summed E-state index contributed by atoms with van der Waals surface area (Å²) in [6, 6.07) is 11.4. The van der Waals surface area contributed by atoms with E-state index in [1.807, 2.05) is 6.07 Å². The molecule has 0 aliphatic rings. The maximum Gasteiger partial charge on any atom is 0.416 e. The second kappa shape index (κ2) is 7.86. The maximum atomic E-state index is 12.6. The molecule has 3 rings (SSSR count). The number of halogens is 3. The minimum atomic E-state index is -4.38. The first-order chi connectivity index (χ1) is 12.9. The fourth-order valence-corrected chi connectivity index (χ4v) is 2.32. The summed E-state index contributed by atoms with van der Waals surface area (Å²) in [6.07, 6.45) is 0.361. The molecule has 0 aliphatic heterocycles. The summed E-state index contributed by atoms with van der Waals surface area (Å²) in [7, 11) is 0. The number of carbonyl (C=O) groups excluding carboxylic acids is 1. The van der Waals surface area contributed by atoms with Crippen LogP contribution in [-0.4, -0.2) is 15.9 Å². The third kappa shape index (κ3) is 5.04. The fourth-order valence-electron chi connectivity index (χ4n) is 2.32. The molecule has 0 aliphatic carbocycles. The molecule has 0 saturated heterocycles. The lowest BCUT2D eigenvalue weighted by Crippen LogP contribution is -2.23. The van der Waals surface area contributed by atoms with E-state index in [0.29, 0.717) is 17.9 Å². The van der Waals surface area contributed by atoms with E-state index >= 15 is 0 Å². The van der Waals surface area contributed by atoms with Crippen LogP contribution in [0, 0.1) is 0 Å². The van der Waals surface area contributed by atoms with Crippen LogP contribution in [-0.2, 0) is 12.7 Å². The smallest absolute Gasteiger partial charge is 0.355 e. The van der Waals surface area contributed by atoms with E-state index in [9.17, 15) is 18.0 Å². The lowest BCUT2D eigenvalue weighted by atomic mass is 10.2. The number of carbonyl (C=O) groups is 1. The van der Waals surface area contributed by atoms with Crippen LogP contribution < -0.4 is 10.6 Å². The van der Waals surface area contributed by atoms with Gasteiger partial charge in [0.1, 0.15) is 5.69 Å². The van der Waals surface area contributed by atoms with Crippen molar-refractivity contribution in [3.05, 3.63) is 83.9 Å². The van der Waals surface area contributed by atoms with E-state index in [0.717, 1.165) is 17.7 Å². The average Bonchev–Trinajstić information content (AvgIpc) is 2.67. The van der Waals surface area contributed by atoms with Crippen molar-refractivity contribution in [1.29, 1.82) is 0 Å². The molecule has 0 unspecified atom stereocenters. The maximum absolute atomic E-state index is 12.6. The molecular weight excluding hydrogens is 357 g/mol. The first kappa shape index (κ1) is 18.4. The molecular formula is C19H15F3N4O. The summed E-state index contributed by atoms with van der Waals surface area (Å²) in [6.45, 7) is 0.310. The summed E-state index contributed by atoms with van der Waals surface area (Å²) >= 11 is 0. The average molecular weight is 372 g/mol.